The van der Waals surface area contributed by atoms with Gasteiger partial charge in [-0.3, -0.25) is 9.10 Å². The molecule has 2 aromatic heterocycles. The second-order valence-electron chi connectivity index (χ2n) is 7.71. The molecule has 3 aromatic rings. The van der Waals surface area contributed by atoms with Crippen molar-refractivity contribution in [1.29, 1.82) is 0 Å². The lowest BCUT2D eigenvalue weighted by Gasteiger charge is -2.28. The van der Waals surface area contributed by atoms with Gasteiger partial charge in [0.05, 0.1) is 11.2 Å². The van der Waals surface area contributed by atoms with Crippen molar-refractivity contribution >= 4 is 61.7 Å². The first-order valence-electron chi connectivity index (χ1n) is 10.5. The summed E-state index contributed by atoms with van der Waals surface area (Å²) in [4.78, 5) is 20.2. The van der Waals surface area contributed by atoms with E-state index in [1.165, 1.54) is 12.2 Å². The maximum Gasteiger partial charge on any atom is 0.324 e. The van der Waals surface area contributed by atoms with Gasteiger partial charge in [-0.15, -0.1) is 0 Å². The molecule has 0 spiro atoms. The Hall–Kier alpha value is -3.12. The SMILES string of the molecule is NCCNc1nccc(-n2ccc3cc(N(CC(=O)O)S(=O)(=O)C4C=C(Cl)C=C(Cl)C4)ccc32)n1. The zero-order valence-corrected chi connectivity index (χ0v) is 20.6. The fourth-order valence-electron chi connectivity index (χ4n) is 3.73. The third-order valence-electron chi connectivity index (χ3n) is 5.28. The number of carboxylic acids is 1. The molecule has 10 nitrogen and oxygen atoms in total. The predicted octanol–water partition coefficient (Wildman–Crippen LogP) is 3.03. The van der Waals surface area contributed by atoms with Gasteiger partial charge in [-0.05, 0) is 42.5 Å². The van der Waals surface area contributed by atoms with Crippen LogP contribution in [0, 0.1) is 0 Å². The Morgan fingerprint density at radius 2 is 2.09 bits per heavy atom. The molecule has 0 bridgehead atoms. The molecule has 0 saturated carbocycles. The van der Waals surface area contributed by atoms with Gasteiger partial charge in [-0.25, -0.2) is 13.4 Å². The van der Waals surface area contributed by atoms with E-state index >= 15 is 0 Å². The summed E-state index contributed by atoms with van der Waals surface area (Å²) >= 11 is 12.1. The Labute approximate surface area is 211 Å². The molecular weight excluding hydrogens is 515 g/mol. The molecule has 13 heteroatoms. The van der Waals surface area contributed by atoms with Crippen molar-refractivity contribution in [2.45, 2.75) is 11.7 Å². The van der Waals surface area contributed by atoms with E-state index in [1.807, 2.05) is 4.57 Å². The number of carbonyl (C=O) groups is 1. The van der Waals surface area contributed by atoms with Crippen LogP contribution in [0.5, 0.6) is 0 Å². The first kappa shape index (κ1) is 25.0. The largest absolute Gasteiger partial charge is 0.480 e. The Balaban J connectivity index is 1.71. The normalized spacial score (nSPS) is 16.0. The highest BCUT2D eigenvalue weighted by Gasteiger charge is 2.34. The summed E-state index contributed by atoms with van der Waals surface area (Å²) in [5.74, 6) is -0.269. The van der Waals surface area contributed by atoms with E-state index in [1.54, 1.807) is 42.7 Å². The minimum absolute atomic E-state index is 0.00306. The molecule has 35 heavy (non-hydrogen) atoms. The number of halogens is 2. The molecule has 0 aliphatic heterocycles. The summed E-state index contributed by atoms with van der Waals surface area (Å²) in [5.41, 5.74) is 6.47. The third kappa shape index (κ3) is 5.43. The number of allylic oxidation sites excluding steroid dienone is 3. The van der Waals surface area contributed by atoms with Crippen molar-refractivity contribution in [2.75, 3.05) is 29.3 Å². The number of hydrogen-bond donors (Lipinski definition) is 3. The van der Waals surface area contributed by atoms with Gasteiger partial charge in [0.2, 0.25) is 16.0 Å². The second kappa shape index (κ2) is 10.2. The first-order chi connectivity index (χ1) is 16.7. The maximum absolute atomic E-state index is 13.4. The molecular formula is C22H22Cl2N6O4S. The molecule has 0 amide bonds. The number of carboxylic acid groups (broad SMARTS) is 1. The van der Waals surface area contributed by atoms with Gasteiger partial charge < -0.3 is 20.7 Å². The lowest BCUT2D eigenvalue weighted by molar-refractivity contribution is -0.135. The number of anilines is 2. The van der Waals surface area contributed by atoms with Crippen LogP contribution < -0.4 is 15.4 Å². The molecule has 0 fully saturated rings. The smallest absolute Gasteiger partial charge is 0.324 e. The molecule has 184 valence electrons. The van der Waals surface area contributed by atoms with Crippen molar-refractivity contribution in [3.63, 3.8) is 0 Å². The first-order valence-corrected chi connectivity index (χ1v) is 12.8. The van der Waals surface area contributed by atoms with E-state index < -0.39 is 27.8 Å². The summed E-state index contributed by atoms with van der Waals surface area (Å²) in [6.07, 6.45) is 6.23. The van der Waals surface area contributed by atoms with Crippen LogP contribution >= 0.6 is 23.2 Å². The van der Waals surface area contributed by atoms with Crippen molar-refractivity contribution in [2.24, 2.45) is 5.73 Å². The lowest BCUT2D eigenvalue weighted by atomic mass is 10.2. The van der Waals surface area contributed by atoms with Gasteiger partial charge in [-0.1, -0.05) is 23.2 Å². The van der Waals surface area contributed by atoms with E-state index in [2.05, 4.69) is 15.3 Å². The Kier molecular flexibility index (Phi) is 7.31. The number of sulfonamides is 1. The highest BCUT2D eigenvalue weighted by atomic mass is 35.5. The average molecular weight is 537 g/mol. The van der Waals surface area contributed by atoms with Gasteiger partial charge in [-0.2, -0.15) is 4.98 Å². The number of nitrogens with two attached hydrogens (primary N) is 1. The molecule has 1 aliphatic carbocycles. The molecule has 4 rings (SSSR count). The van der Waals surface area contributed by atoms with Crippen LogP contribution in [-0.2, 0) is 14.8 Å². The van der Waals surface area contributed by atoms with Gasteiger partial charge in [0.1, 0.15) is 17.6 Å². The van der Waals surface area contributed by atoms with Crippen LogP contribution in [0.3, 0.4) is 0 Å². The van der Waals surface area contributed by atoms with Crippen LogP contribution in [0.1, 0.15) is 6.42 Å². The second-order valence-corrected chi connectivity index (χ2v) is 10.7. The standard InChI is InChI=1S/C22H22Cl2N6O4S/c23-15-10-16(24)12-18(11-15)35(33,34)30(13-21(31)32)17-1-2-19-14(9-17)4-8-29(19)20-3-6-26-22(28-20)27-7-5-25/h1-4,6,8-11,18H,5,7,12-13,25H2,(H,31,32)(H,26,27,28). The van der Waals surface area contributed by atoms with E-state index in [-0.39, 0.29) is 22.2 Å². The predicted molar refractivity (Wildman–Crippen MR) is 137 cm³/mol. The van der Waals surface area contributed by atoms with E-state index in [0.29, 0.717) is 30.2 Å². The number of hydrogen-bond acceptors (Lipinski definition) is 7. The van der Waals surface area contributed by atoms with Crippen molar-refractivity contribution in [1.82, 2.24) is 14.5 Å². The summed E-state index contributed by atoms with van der Waals surface area (Å²) < 4.78 is 29.6. The minimum atomic E-state index is -4.15. The minimum Gasteiger partial charge on any atom is -0.480 e. The summed E-state index contributed by atoms with van der Waals surface area (Å²) in [6, 6.07) is 8.40. The molecule has 1 aliphatic rings. The van der Waals surface area contributed by atoms with Crippen LogP contribution in [0.15, 0.2) is 64.9 Å². The van der Waals surface area contributed by atoms with Crippen LogP contribution in [0.2, 0.25) is 0 Å². The van der Waals surface area contributed by atoms with E-state index in [0.717, 1.165) is 9.82 Å². The Morgan fingerprint density at radius 3 is 2.80 bits per heavy atom. The molecule has 0 radical (unpaired) electrons. The Bertz CT molecular complexity index is 1440. The van der Waals surface area contributed by atoms with E-state index in [4.69, 9.17) is 28.9 Å². The quantitative estimate of drug-likeness (QED) is 0.378. The highest BCUT2D eigenvalue weighted by molar-refractivity contribution is 7.93. The number of nitrogens with one attached hydrogen (secondary N) is 1. The number of aliphatic carboxylic acids is 1. The molecule has 1 aromatic carbocycles. The number of fused-ring (bicyclic) bond motifs is 1. The summed E-state index contributed by atoms with van der Waals surface area (Å²) in [5, 5.41) is 12.5. The van der Waals surface area contributed by atoms with Gasteiger partial charge >= 0.3 is 5.97 Å². The number of nitrogens with zero attached hydrogens (tertiary/aromatic N) is 4. The Morgan fingerprint density at radius 1 is 1.29 bits per heavy atom. The number of benzene rings is 1. The summed E-state index contributed by atoms with van der Waals surface area (Å²) in [6.45, 7) is 0.208. The topological polar surface area (TPSA) is 143 Å². The monoisotopic (exact) mass is 536 g/mol. The molecule has 4 N–H and O–H groups in total. The van der Waals surface area contributed by atoms with E-state index in [9.17, 15) is 18.3 Å². The zero-order chi connectivity index (χ0) is 25.2. The number of aromatic nitrogens is 3. The van der Waals surface area contributed by atoms with Crippen LogP contribution in [-0.4, -0.2) is 58.9 Å². The lowest BCUT2D eigenvalue weighted by Crippen LogP contribution is -2.41. The third-order valence-corrected chi connectivity index (χ3v) is 7.80. The number of rotatable bonds is 9. The maximum atomic E-state index is 13.4. The molecule has 2 heterocycles. The van der Waals surface area contributed by atoms with Gasteiger partial charge in [0.15, 0.2) is 0 Å². The fourth-order valence-corrected chi connectivity index (χ4v) is 6.25. The zero-order valence-electron chi connectivity index (χ0n) is 18.3. The molecule has 1 atom stereocenters. The van der Waals surface area contributed by atoms with Crippen molar-refractivity contribution in [3.05, 3.63) is 64.9 Å². The fraction of sp³-hybridized carbons (Fsp3) is 0.227. The molecule has 1 unspecified atom stereocenters. The molecule has 0 saturated heterocycles. The van der Waals surface area contributed by atoms with Gasteiger partial charge in [0.25, 0.3) is 0 Å². The summed E-state index contributed by atoms with van der Waals surface area (Å²) in [7, 11) is -4.15. The van der Waals surface area contributed by atoms with Crippen LogP contribution in [0.25, 0.3) is 16.7 Å². The highest BCUT2D eigenvalue weighted by Crippen LogP contribution is 2.32. The van der Waals surface area contributed by atoms with Crippen molar-refractivity contribution in [3.8, 4) is 5.82 Å². The van der Waals surface area contributed by atoms with Crippen LogP contribution in [0.4, 0.5) is 11.6 Å². The average Bonchev–Trinajstić information content (AvgIpc) is 3.24. The van der Waals surface area contributed by atoms with Gasteiger partial charge in [0, 0.05) is 47.4 Å². The van der Waals surface area contributed by atoms with Crippen molar-refractivity contribution < 1.29 is 18.3 Å².